The van der Waals surface area contributed by atoms with Crippen molar-refractivity contribution in [1.82, 2.24) is 4.98 Å². The maximum Gasteiger partial charge on any atom is 0.131 e. The van der Waals surface area contributed by atoms with E-state index in [-0.39, 0.29) is 0 Å². The molecule has 0 radical (unpaired) electrons. The van der Waals surface area contributed by atoms with Crippen LogP contribution in [-0.4, -0.2) is 9.97 Å². The van der Waals surface area contributed by atoms with E-state index >= 15 is 0 Å². The fourth-order valence-corrected chi connectivity index (χ4v) is 2.12. The average Bonchev–Trinajstić information content (AvgIpc) is 2.38. The maximum atomic E-state index is 5.68. The highest BCUT2D eigenvalue weighted by Crippen LogP contribution is 2.21. The van der Waals surface area contributed by atoms with Gasteiger partial charge in [-0.05, 0) is 42.7 Å². The zero-order valence-corrected chi connectivity index (χ0v) is 12.8. The summed E-state index contributed by atoms with van der Waals surface area (Å²) in [6, 6.07) is 12.1. The number of aryl methyl sites for hydroxylation is 1. The molecule has 3 N–H and O–H groups in total. The molecule has 0 aliphatic carbocycles. The standard InChI is InChI=1S/C16H19N3S/c1-10(2)12-5-4-6-14(8-12)19-15-9-13(16(17)20)7-11(3)18-15/h4-10H,1-3H3,(H2,17,20)(H,18,19). The highest BCUT2D eigenvalue weighted by atomic mass is 32.1. The molecule has 0 fully saturated rings. The third-order valence-electron chi connectivity index (χ3n) is 3.06. The summed E-state index contributed by atoms with van der Waals surface area (Å²) >= 11 is 5.02. The number of anilines is 2. The van der Waals surface area contributed by atoms with Crippen LogP contribution < -0.4 is 11.1 Å². The second-order valence-corrected chi connectivity index (χ2v) is 5.59. The van der Waals surface area contributed by atoms with E-state index in [1.54, 1.807) is 0 Å². The Hall–Kier alpha value is -1.94. The van der Waals surface area contributed by atoms with Gasteiger partial charge in [0.25, 0.3) is 0 Å². The lowest BCUT2D eigenvalue weighted by Crippen LogP contribution is -2.10. The van der Waals surface area contributed by atoms with E-state index in [1.165, 1.54) is 5.56 Å². The van der Waals surface area contributed by atoms with E-state index < -0.39 is 0 Å². The van der Waals surface area contributed by atoms with Crippen LogP contribution in [-0.2, 0) is 0 Å². The molecule has 3 nitrogen and oxygen atoms in total. The lowest BCUT2D eigenvalue weighted by atomic mass is 10.0. The fraction of sp³-hybridized carbons (Fsp3) is 0.250. The van der Waals surface area contributed by atoms with Crippen molar-refractivity contribution in [1.29, 1.82) is 0 Å². The molecule has 0 saturated heterocycles. The van der Waals surface area contributed by atoms with Crippen LogP contribution in [0.4, 0.5) is 11.5 Å². The molecule has 0 saturated carbocycles. The summed E-state index contributed by atoms with van der Waals surface area (Å²) in [5.74, 6) is 1.25. The Morgan fingerprint density at radius 2 is 2.00 bits per heavy atom. The minimum absolute atomic E-state index is 0.384. The molecule has 0 atom stereocenters. The van der Waals surface area contributed by atoms with Gasteiger partial charge >= 0.3 is 0 Å². The molecule has 0 bridgehead atoms. The molecule has 2 aromatic rings. The number of rotatable bonds is 4. The van der Waals surface area contributed by atoms with Crippen LogP contribution in [0, 0.1) is 6.92 Å². The molecule has 1 aromatic heterocycles. The first-order valence-corrected chi connectivity index (χ1v) is 7.02. The summed E-state index contributed by atoms with van der Waals surface area (Å²) in [5, 5.41) is 3.31. The van der Waals surface area contributed by atoms with Crippen molar-refractivity contribution in [2.24, 2.45) is 5.73 Å². The van der Waals surface area contributed by atoms with E-state index in [4.69, 9.17) is 18.0 Å². The van der Waals surface area contributed by atoms with Crippen LogP contribution in [0.25, 0.3) is 0 Å². The normalized spacial score (nSPS) is 10.6. The topological polar surface area (TPSA) is 50.9 Å². The van der Waals surface area contributed by atoms with Crippen LogP contribution in [0.2, 0.25) is 0 Å². The van der Waals surface area contributed by atoms with E-state index in [0.717, 1.165) is 22.8 Å². The number of hydrogen-bond donors (Lipinski definition) is 2. The molecule has 0 amide bonds. The minimum Gasteiger partial charge on any atom is -0.389 e. The van der Waals surface area contributed by atoms with Gasteiger partial charge in [0, 0.05) is 16.9 Å². The van der Waals surface area contributed by atoms with E-state index in [0.29, 0.717) is 10.9 Å². The molecule has 0 aliphatic heterocycles. The van der Waals surface area contributed by atoms with Crippen LogP contribution in [0.3, 0.4) is 0 Å². The number of nitrogens with two attached hydrogens (primary N) is 1. The predicted octanol–water partition coefficient (Wildman–Crippen LogP) is 3.89. The number of nitrogens with one attached hydrogen (secondary N) is 1. The number of benzene rings is 1. The van der Waals surface area contributed by atoms with Crippen molar-refractivity contribution < 1.29 is 0 Å². The van der Waals surface area contributed by atoms with Gasteiger partial charge in [0.15, 0.2) is 0 Å². The van der Waals surface area contributed by atoms with Gasteiger partial charge in [-0.15, -0.1) is 0 Å². The average molecular weight is 285 g/mol. The minimum atomic E-state index is 0.384. The second-order valence-electron chi connectivity index (χ2n) is 5.15. The quantitative estimate of drug-likeness (QED) is 0.837. The smallest absolute Gasteiger partial charge is 0.131 e. The Bertz CT molecular complexity index is 635. The van der Waals surface area contributed by atoms with E-state index in [1.807, 2.05) is 31.2 Å². The Labute approximate surface area is 125 Å². The van der Waals surface area contributed by atoms with Crippen LogP contribution in [0.15, 0.2) is 36.4 Å². The van der Waals surface area contributed by atoms with Crippen molar-refractivity contribution in [2.75, 3.05) is 5.32 Å². The summed E-state index contributed by atoms with van der Waals surface area (Å²) in [6.45, 7) is 6.28. The lowest BCUT2D eigenvalue weighted by Gasteiger charge is -2.11. The van der Waals surface area contributed by atoms with Crippen LogP contribution in [0.1, 0.15) is 36.6 Å². The van der Waals surface area contributed by atoms with Crippen molar-refractivity contribution in [3.63, 3.8) is 0 Å². The van der Waals surface area contributed by atoms with Crippen LogP contribution >= 0.6 is 12.2 Å². The van der Waals surface area contributed by atoms with Crippen molar-refractivity contribution in [3.05, 3.63) is 53.2 Å². The zero-order valence-electron chi connectivity index (χ0n) is 12.0. The van der Waals surface area contributed by atoms with Crippen molar-refractivity contribution in [3.8, 4) is 0 Å². The molecule has 0 spiro atoms. The highest BCUT2D eigenvalue weighted by Gasteiger charge is 2.04. The molecule has 104 valence electrons. The SMILES string of the molecule is Cc1cc(C(N)=S)cc(Nc2cccc(C(C)C)c2)n1. The molecule has 0 aliphatic rings. The Kier molecular flexibility index (Phi) is 4.35. The van der Waals surface area contributed by atoms with Crippen LogP contribution in [0.5, 0.6) is 0 Å². The summed E-state index contributed by atoms with van der Waals surface area (Å²) in [5.41, 5.74) is 9.71. The number of thiocarbonyl (C=S) groups is 1. The molecule has 4 heteroatoms. The van der Waals surface area contributed by atoms with Gasteiger partial charge in [0.2, 0.25) is 0 Å². The third-order valence-corrected chi connectivity index (χ3v) is 3.30. The van der Waals surface area contributed by atoms with E-state index in [9.17, 15) is 0 Å². The highest BCUT2D eigenvalue weighted by molar-refractivity contribution is 7.80. The number of aromatic nitrogens is 1. The Morgan fingerprint density at radius 1 is 1.25 bits per heavy atom. The molecule has 1 heterocycles. The summed E-state index contributed by atoms with van der Waals surface area (Å²) < 4.78 is 0. The number of nitrogens with zero attached hydrogens (tertiary/aromatic N) is 1. The van der Waals surface area contributed by atoms with Gasteiger partial charge in [-0.25, -0.2) is 4.98 Å². The Balaban J connectivity index is 2.30. The van der Waals surface area contributed by atoms with Gasteiger partial charge in [-0.1, -0.05) is 38.2 Å². The van der Waals surface area contributed by atoms with E-state index in [2.05, 4.69) is 36.3 Å². The van der Waals surface area contributed by atoms with Gasteiger partial charge in [-0.3, -0.25) is 0 Å². The molecular formula is C16H19N3S. The third kappa shape index (κ3) is 3.54. The van der Waals surface area contributed by atoms with Crippen molar-refractivity contribution >= 4 is 28.7 Å². The summed E-state index contributed by atoms with van der Waals surface area (Å²) in [4.78, 5) is 4.84. The molecular weight excluding hydrogens is 266 g/mol. The second kappa shape index (κ2) is 6.01. The molecule has 2 rings (SSSR count). The van der Waals surface area contributed by atoms with Gasteiger partial charge in [-0.2, -0.15) is 0 Å². The lowest BCUT2D eigenvalue weighted by molar-refractivity contribution is 0.867. The summed E-state index contributed by atoms with van der Waals surface area (Å²) in [6.07, 6.45) is 0. The zero-order chi connectivity index (χ0) is 14.7. The summed E-state index contributed by atoms with van der Waals surface area (Å²) in [7, 11) is 0. The molecule has 1 aromatic carbocycles. The van der Waals surface area contributed by atoms with Crippen molar-refractivity contribution in [2.45, 2.75) is 26.7 Å². The predicted molar refractivity (Wildman–Crippen MR) is 88.7 cm³/mol. The first-order valence-electron chi connectivity index (χ1n) is 6.61. The first kappa shape index (κ1) is 14.5. The van der Waals surface area contributed by atoms with Gasteiger partial charge in [0.1, 0.15) is 10.8 Å². The fourth-order valence-electron chi connectivity index (χ4n) is 2.00. The molecule has 20 heavy (non-hydrogen) atoms. The number of pyridine rings is 1. The largest absolute Gasteiger partial charge is 0.389 e. The van der Waals surface area contributed by atoms with Gasteiger partial charge < -0.3 is 11.1 Å². The first-order chi connectivity index (χ1) is 9.45. The molecule has 0 unspecified atom stereocenters. The number of hydrogen-bond acceptors (Lipinski definition) is 3. The Morgan fingerprint density at radius 3 is 2.65 bits per heavy atom. The maximum absolute atomic E-state index is 5.68. The monoisotopic (exact) mass is 285 g/mol. The van der Waals surface area contributed by atoms with Gasteiger partial charge in [0.05, 0.1) is 0 Å².